The summed E-state index contributed by atoms with van der Waals surface area (Å²) in [6.45, 7) is 1.96. The van der Waals surface area contributed by atoms with Gasteiger partial charge in [-0.2, -0.15) is 4.98 Å². The van der Waals surface area contributed by atoms with E-state index in [4.69, 9.17) is 4.52 Å². The van der Waals surface area contributed by atoms with Crippen molar-refractivity contribution in [3.05, 3.63) is 30.2 Å². The average molecular weight is 272 g/mol. The van der Waals surface area contributed by atoms with Crippen LogP contribution in [-0.4, -0.2) is 22.2 Å². The summed E-state index contributed by atoms with van der Waals surface area (Å²) in [6, 6.07) is 7.55. The van der Waals surface area contributed by atoms with Crippen molar-refractivity contribution < 1.29 is 9.32 Å². The molecule has 0 spiro atoms. The lowest BCUT2D eigenvalue weighted by Crippen LogP contribution is -2.30. The Labute approximate surface area is 116 Å². The number of hydrogen-bond acceptors (Lipinski definition) is 4. The first-order valence-electron chi connectivity index (χ1n) is 6.75. The summed E-state index contributed by atoms with van der Waals surface area (Å²) < 4.78 is 5.07. The summed E-state index contributed by atoms with van der Waals surface area (Å²) >= 11 is 0. The van der Waals surface area contributed by atoms with Gasteiger partial charge in [0.25, 0.3) is 0 Å². The lowest BCUT2D eigenvalue weighted by atomic mass is 10.2. The Hall–Kier alpha value is -2.37. The minimum atomic E-state index is -0.159. The first-order valence-corrected chi connectivity index (χ1v) is 6.75. The van der Waals surface area contributed by atoms with Crippen molar-refractivity contribution in [1.82, 2.24) is 15.5 Å². The van der Waals surface area contributed by atoms with E-state index < -0.39 is 0 Å². The van der Waals surface area contributed by atoms with Crippen molar-refractivity contribution in [1.29, 1.82) is 0 Å². The smallest absolute Gasteiger partial charge is 0.319 e. The number of aryl methyl sites for hydroxylation is 1. The molecule has 1 saturated carbocycles. The number of carbonyl (C=O) groups is 1. The summed E-state index contributed by atoms with van der Waals surface area (Å²) in [5.74, 6) is 1.18. The summed E-state index contributed by atoms with van der Waals surface area (Å²) in [5.41, 5.74) is 1.60. The Bertz CT molecular complexity index is 602. The molecule has 1 fully saturated rings. The highest BCUT2D eigenvalue weighted by Crippen LogP contribution is 2.20. The Morgan fingerprint density at radius 3 is 2.70 bits per heavy atom. The van der Waals surface area contributed by atoms with Gasteiger partial charge in [0.05, 0.1) is 0 Å². The molecule has 104 valence electrons. The zero-order chi connectivity index (χ0) is 13.9. The topological polar surface area (TPSA) is 80.0 Å². The van der Waals surface area contributed by atoms with E-state index in [-0.39, 0.29) is 6.03 Å². The first kappa shape index (κ1) is 12.7. The molecule has 2 N–H and O–H groups in total. The third-order valence-electron chi connectivity index (χ3n) is 3.08. The van der Waals surface area contributed by atoms with Crippen molar-refractivity contribution in [2.24, 2.45) is 0 Å². The van der Waals surface area contributed by atoms with Crippen molar-refractivity contribution in [2.75, 3.05) is 5.32 Å². The average Bonchev–Trinajstić information content (AvgIpc) is 3.13. The van der Waals surface area contributed by atoms with Crippen LogP contribution in [0.15, 0.2) is 28.8 Å². The van der Waals surface area contributed by atoms with Gasteiger partial charge in [-0.3, -0.25) is 0 Å². The molecule has 1 aliphatic carbocycles. The van der Waals surface area contributed by atoms with Crippen LogP contribution in [-0.2, 0) is 6.42 Å². The van der Waals surface area contributed by atoms with E-state index in [0.29, 0.717) is 24.2 Å². The van der Waals surface area contributed by atoms with Gasteiger partial charge in [0, 0.05) is 23.7 Å². The van der Waals surface area contributed by atoms with Crippen LogP contribution in [0.2, 0.25) is 0 Å². The van der Waals surface area contributed by atoms with Gasteiger partial charge in [0.1, 0.15) is 0 Å². The van der Waals surface area contributed by atoms with Gasteiger partial charge in [0.15, 0.2) is 0 Å². The van der Waals surface area contributed by atoms with Crippen LogP contribution in [0, 0.1) is 0 Å². The van der Waals surface area contributed by atoms with Crippen LogP contribution in [0.1, 0.15) is 25.7 Å². The van der Waals surface area contributed by atoms with Gasteiger partial charge in [0.2, 0.25) is 11.7 Å². The van der Waals surface area contributed by atoms with E-state index >= 15 is 0 Å². The maximum atomic E-state index is 11.6. The van der Waals surface area contributed by atoms with E-state index in [2.05, 4.69) is 20.8 Å². The number of aromatic nitrogens is 2. The van der Waals surface area contributed by atoms with Gasteiger partial charge in [-0.05, 0) is 37.1 Å². The van der Waals surface area contributed by atoms with Gasteiger partial charge in [-0.1, -0.05) is 12.1 Å². The fourth-order valence-electron chi connectivity index (χ4n) is 1.80. The number of anilines is 1. The second-order valence-electron chi connectivity index (χ2n) is 4.82. The van der Waals surface area contributed by atoms with Gasteiger partial charge in [-0.15, -0.1) is 0 Å². The highest BCUT2D eigenvalue weighted by molar-refractivity contribution is 5.89. The molecule has 0 saturated heterocycles. The molecule has 6 nitrogen and oxygen atoms in total. The minimum Gasteiger partial charge on any atom is -0.339 e. The van der Waals surface area contributed by atoms with Crippen molar-refractivity contribution in [2.45, 2.75) is 32.2 Å². The molecule has 0 radical (unpaired) electrons. The summed E-state index contributed by atoms with van der Waals surface area (Å²) in [6.07, 6.45) is 2.86. The van der Waals surface area contributed by atoms with Crippen LogP contribution in [0.3, 0.4) is 0 Å². The third-order valence-corrected chi connectivity index (χ3v) is 3.08. The molecule has 1 aliphatic rings. The van der Waals surface area contributed by atoms with E-state index in [1.807, 2.05) is 31.2 Å². The number of benzene rings is 1. The van der Waals surface area contributed by atoms with Crippen LogP contribution >= 0.6 is 0 Å². The van der Waals surface area contributed by atoms with E-state index in [9.17, 15) is 4.79 Å². The summed E-state index contributed by atoms with van der Waals surface area (Å²) in [4.78, 5) is 15.9. The molecule has 2 aromatic rings. The molecule has 0 unspecified atom stereocenters. The van der Waals surface area contributed by atoms with Gasteiger partial charge in [-0.25, -0.2) is 4.79 Å². The number of urea groups is 1. The zero-order valence-corrected chi connectivity index (χ0v) is 11.2. The summed E-state index contributed by atoms with van der Waals surface area (Å²) in [5, 5.41) is 9.57. The highest BCUT2D eigenvalue weighted by atomic mass is 16.5. The predicted molar refractivity (Wildman–Crippen MR) is 74.3 cm³/mol. The number of rotatable bonds is 4. The molecular formula is C14H16N4O2. The van der Waals surface area contributed by atoms with Crippen molar-refractivity contribution in [3.8, 4) is 11.4 Å². The molecule has 0 atom stereocenters. The van der Waals surface area contributed by atoms with E-state index in [1.54, 1.807) is 0 Å². The Kier molecular flexibility index (Phi) is 3.37. The quantitative estimate of drug-likeness (QED) is 0.896. The molecular weight excluding hydrogens is 256 g/mol. The number of amides is 2. The standard InChI is InChI=1S/C14H16N4O2/c1-2-12-17-13(18-20-12)9-3-5-10(6-4-9)15-14(19)16-11-7-8-11/h3-6,11H,2,7-8H2,1H3,(H2,15,16,19). The fraction of sp³-hybridized carbons (Fsp3) is 0.357. The predicted octanol–water partition coefficient (Wildman–Crippen LogP) is 2.58. The van der Waals surface area contributed by atoms with Crippen molar-refractivity contribution >= 4 is 11.7 Å². The van der Waals surface area contributed by atoms with Crippen LogP contribution < -0.4 is 10.6 Å². The molecule has 0 bridgehead atoms. The molecule has 6 heteroatoms. The normalized spacial score (nSPS) is 14.1. The lowest BCUT2D eigenvalue weighted by molar-refractivity contribution is 0.251. The molecule has 0 aliphatic heterocycles. The minimum absolute atomic E-state index is 0.159. The number of nitrogens with zero attached hydrogens (tertiary/aromatic N) is 2. The maximum Gasteiger partial charge on any atom is 0.319 e. The van der Waals surface area contributed by atoms with Crippen molar-refractivity contribution in [3.63, 3.8) is 0 Å². The molecule has 1 heterocycles. The fourth-order valence-corrected chi connectivity index (χ4v) is 1.80. The van der Waals surface area contributed by atoms with Crippen LogP contribution in [0.25, 0.3) is 11.4 Å². The van der Waals surface area contributed by atoms with E-state index in [1.165, 1.54) is 0 Å². The van der Waals surface area contributed by atoms with Crippen LogP contribution in [0.4, 0.5) is 10.5 Å². The molecule has 1 aromatic heterocycles. The molecule has 20 heavy (non-hydrogen) atoms. The number of hydrogen-bond donors (Lipinski definition) is 2. The number of nitrogens with one attached hydrogen (secondary N) is 2. The van der Waals surface area contributed by atoms with Crippen LogP contribution in [0.5, 0.6) is 0 Å². The maximum absolute atomic E-state index is 11.6. The SMILES string of the molecule is CCc1nc(-c2ccc(NC(=O)NC3CC3)cc2)no1. The summed E-state index contributed by atoms with van der Waals surface area (Å²) in [7, 11) is 0. The Balaban J connectivity index is 1.65. The molecule has 2 amide bonds. The number of carbonyl (C=O) groups excluding carboxylic acids is 1. The monoisotopic (exact) mass is 272 g/mol. The van der Waals surface area contributed by atoms with E-state index in [0.717, 1.165) is 24.1 Å². The lowest BCUT2D eigenvalue weighted by Gasteiger charge is -2.06. The van der Waals surface area contributed by atoms with Gasteiger partial charge < -0.3 is 15.2 Å². The van der Waals surface area contributed by atoms with Gasteiger partial charge >= 0.3 is 6.03 Å². The zero-order valence-electron chi connectivity index (χ0n) is 11.2. The largest absolute Gasteiger partial charge is 0.339 e. The Morgan fingerprint density at radius 1 is 1.35 bits per heavy atom. The Morgan fingerprint density at radius 2 is 2.10 bits per heavy atom. The first-order chi connectivity index (χ1) is 9.74. The second kappa shape index (κ2) is 5.32. The third kappa shape index (κ3) is 2.96. The molecule has 1 aromatic carbocycles. The highest BCUT2D eigenvalue weighted by Gasteiger charge is 2.23. The second-order valence-corrected chi connectivity index (χ2v) is 4.82. The molecule has 3 rings (SSSR count).